The van der Waals surface area contributed by atoms with Gasteiger partial charge in [-0.25, -0.2) is 4.39 Å². The second kappa shape index (κ2) is 7.01. The number of nitrogens with one attached hydrogen (secondary N) is 1. The van der Waals surface area contributed by atoms with Gasteiger partial charge in [-0.15, -0.1) is 0 Å². The molecule has 1 aliphatic heterocycles. The van der Waals surface area contributed by atoms with E-state index in [4.69, 9.17) is 0 Å². The van der Waals surface area contributed by atoms with E-state index >= 15 is 0 Å². The van der Waals surface area contributed by atoms with E-state index in [1.807, 2.05) is 0 Å². The summed E-state index contributed by atoms with van der Waals surface area (Å²) in [5.74, 6) is -0.509. The van der Waals surface area contributed by atoms with E-state index in [9.17, 15) is 9.18 Å². The first-order valence-electron chi connectivity index (χ1n) is 5.78. The quantitative estimate of drug-likeness (QED) is 0.741. The van der Waals surface area contributed by atoms with E-state index in [1.54, 1.807) is 18.2 Å². The number of carbonyl (C=O) groups excluding carboxylic acids is 1. The van der Waals surface area contributed by atoms with Crippen LogP contribution in [-0.2, 0) is 4.79 Å². The molecule has 1 heterocycles. The molecule has 1 N–H and O–H groups in total. The van der Waals surface area contributed by atoms with E-state index in [-0.39, 0.29) is 6.04 Å². The number of allylic oxidation sites excluding steroid dienone is 3. The molecule has 1 fully saturated rings. The molecule has 1 aliphatic rings. The second-order valence-electron chi connectivity index (χ2n) is 3.91. The highest BCUT2D eigenvalue weighted by molar-refractivity contribution is 5.80. The summed E-state index contributed by atoms with van der Waals surface area (Å²) in [6.07, 6.45) is 6.48. The largest absolute Gasteiger partial charge is 0.317 e. The molecule has 17 heavy (non-hydrogen) atoms. The minimum absolute atomic E-state index is 0.0451. The molecule has 1 amide bonds. The molecule has 0 aromatic carbocycles. The first kappa shape index (κ1) is 13.6. The zero-order valence-electron chi connectivity index (χ0n) is 9.99. The lowest BCUT2D eigenvalue weighted by Crippen LogP contribution is -2.45. The number of rotatable bonds is 5. The molecule has 0 spiro atoms. The van der Waals surface area contributed by atoms with Gasteiger partial charge >= 0.3 is 0 Å². The van der Waals surface area contributed by atoms with Crippen molar-refractivity contribution in [1.82, 2.24) is 10.2 Å². The van der Waals surface area contributed by atoms with Crippen LogP contribution >= 0.6 is 0 Å². The van der Waals surface area contributed by atoms with Crippen molar-refractivity contribution >= 4 is 5.91 Å². The molecule has 1 saturated heterocycles. The van der Waals surface area contributed by atoms with E-state index in [0.29, 0.717) is 5.70 Å². The van der Waals surface area contributed by atoms with Gasteiger partial charge in [0, 0.05) is 11.7 Å². The Labute approximate surface area is 102 Å². The Kier molecular flexibility index (Phi) is 5.63. The molecule has 1 rings (SSSR count). The van der Waals surface area contributed by atoms with Gasteiger partial charge in [-0.2, -0.15) is 0 Å². The van der Waals surface area contributed by atoms with Crippen molar-refractivity contribution in [3.8, 4) is 0 Å². The number of hydrogen-bond donors (Lipinski definition) is 1. The minimum Gasteiger partial charge on any atom is -0.317 e. The Bertz CT molecular complexity index is 319. The topological polar surface area (TPSA) is 32.3 Å². The maximum Gasteiger partial charge on any atom is 0.258 e. The van der Waals surface area contributed by atoms with E-state index in [0.717, 1.165) is 25.9 Å². The van der Waals surface area contributed by atoms with E-state index < -0.39 is 12.6 Å². The predicted molar refractivity (Wildman–Crippen MR) is 67.2 cm³/mol. The van der Waals surface area contributed by atoms with Crippen LogP contribution in [0.1, 0.15) is 12.8 Å². The van der Waals surface area contributed by atoms with Gasteiger partial charge in [-0.05, 0) is 38.1 Å². The molecule has 4 heteroatoms. The minimum atomic E-state index is -0.980. The molecule has 0 radical (unpaired) electrons. The van der Waals surface area contributed by atoms with Crippen LogP contribution in [0.2, 0.25) is 0 Å². The third kappa shape index (κ3) is 3.53. The Morgan fingerprint density at radius 1 is 1.41 bits per heavy atom. The zero-order chi connectivity index (χ0) is 12.7. The molecule has 0 aliphatic carbocycles. The number of carbonyl (C=O) groups is 1. The van der Waals surface area contributed by atoms with Crippen LogP contribution in [0.4, 0.5) is 4.39 Å². The van der Waals surface area contributed by atoms with Gasteiger partial charge in [0.25, 0.3) is 5.91 Å². The van der Waals surface area contributed by atoms with Gasteiger partial charge in [-0.3, -0.25) is 4.79 Å². The van der Waals surface area contributed by atoms with Gasteiger partial charge in [0.05, 0.1) is 0 Å². The summed E-state index contributed by atoms with van der Waals surface area (Å²) >= 11 is 0. The molecule has 3 nitrogen and oxygen atoms in total. The third-order valence-corrected chi connectivity index (χ3v) is 2.83. The number of halogens is 1. The summed E-state index contributed by atoms with van der Waals surface area (Å²) in [4.78, 5) is 13.2. The summed E-state index contributed by atoms with van der Waals surface area (Å²) in [6.45, 7) is 7.97. The predicted octanol–water partition coefficient (Wildman–Crippen LogP) is 1.79. The fraction of sp³-hybridized carbons (Fsp3) is 0.462. The molecular weight excluding hydrogens is 219 g/mol. The lowest BCUT2D eigenvalue weighted by atomic mass is 10.0. The van der Waals surface area contributed by atoms with Crippen LogP contribution in [-0.4, -0.2) is 36.6 Å². The highest BCUT2D eigenvalue weighted by Crippen LogP contribution is 2.19. The third-order valence-electron chi connectivity index (χ3n) is 2.83. The van der Waals surface area contributed by atoms with Crippen LogP contribution < -0.4 is 5.32 Å². The van der Waals surface area contributed by atoms with Crippen molar-refractivity contribution in [3.05, 3.63) is 37.1 Å². The average molecular weight is 238 g/mol. The van der Waals surface area contributed by atoms with E-state index in [1.165, 1.54) is 4.90 Å². The fourth-order valence-corrected chi connectivity index (χ4v) is 2.06. The number of amides is 1. The van der Waals surface area contributed by atoms with Crippen molar-refractivity contribution in [1.29, 1.82) is 0 Å². The SMILES string of the molecule is C=C/C=C(\C=C)N(C(=O)CF)C1CCNCC1. The van der Waals surface area contributed by atoms with Gasteiger partial charge in [0.2, 0.25) is 0 Å². The summed E-state index contributed by atoms with van der Waals surface area (Å²) in [5.41, 5.74) is 0.620. The zero-order valence-corrected chi connectivity index (χ0v) is 9.99. The number of hydrogen-bond acceptors (Lipinski definition) is 2. The van der Waals surface area contributed by atoms with Crippen molar-refractivity contribution < 1.29 is 9.18 Å². The second-order valence-corrected chi connectivity index (χ2v) is 3.91. The number of alkyl halides is 1. The maximum absolute atomic E-state index is 12.6. The van der Waals surface area contributed by atoms with Crippen LogP contribution in [0.15, 0.2) is 37.1 Å². The summed E-state index contributed by atoms with van der Waals surface area (Å²) in [6, 6.07) is 0.0451. The van der Waals surface area contributed by atoms with Crippen LogP contribution in [0.3, 0.4) is 0 Å². The lowest BCUT2D eigenvalue weighted by molar-refractivity contribution is -0.132. The Morgan fingerprint density at radius 3 is 2.53 bits per heavy atom. The number of piperidine rings is 1. The van der Waals surface area contributed by atoms with Crippen molar-refractivity contribution in [2.45, 2.75) is 18.9 Å². The van der Waals surface area contributed by atoms with Crippen LogP contribution in [0.25, 0.3) is 0 Å². The van der Waals surface area contributed by atoms with Crippen molar-refractivity contribution in [3.63, 3.8) is 0 Å². The molecule has 0 aromatic rings. The standard InChI is InChI=1S/C13H19FN2O/c1-3-5-11(4-2)16(13(17)10-14)12-6-8-15-9-7-12/h3-5,12,15H,1-2,6-10H2/b11-5+. The average Bonchev–Trinajstić information content (AvgIpc) is 2.39. The first-order chi connectivity index (χ1) is 8.24. The molecule has 0 bridgehead atoms. The highest BCUT2D eigenvalue weighted by atomic mass is 19.1. The van der Waals surface area contributed by atoms with Gasteiger partial charge in [0.1, 0.15) is 0 Å². The summed E-state index contributed by atoms with van der Waals surface area (Å²) < 4.78 is 12.6. The van der Waals surface area contributed by atoms with Crippen LogP contribution in [0.5, 0.6) is 0 Å². The lowest BCUT2D eigenvalue weighted by Gasteiger charge is -2.34. The molecular formula is C13H19FN2O. The Balaban J connectivity index is 2.92. The summed E-state index contributed by atoms with van der Waals surface area (Å²) in [7, 11) is 0. The molecule has 0 atom stereocenters. The van der Waals surface area contributed by atoms with Gasteiger partial charge < -0.3 is 10.2 Å². The molecule has 0 unspecified atom stereocenters. The first-order valence-corrected chi connectivity index (χ1v) is 5.78. The van der Waals surface area contributed by atoms with Gasteiger partial charge in [-0.1, -0.05) is 19.2 Å². The molecule has 94 valence electrons. The Hall–Kier alpha value is -1.42. The number of nitrogens with zero attached hydrogens (tertiary/aromatic N) is 1. The van der Waals surface area contributed by atoms with Gasteiger partial charge in [0.15, 0.2) is 6.67 Å². The van der Waals surface area contributed by atoms with Crippen molar-refractivity contribution in [2.75, 3.05) is 19.8 Å². The molecule has 0 saturated carbocycles. The smallest absolute Gasteiger partial charge is 0.258 e. The fourth-order valence-electron chi connectivity index (χ4n) is 2.06. The maximum atomic E-state index is 12.6. The van der Waals surface area contributed by atoms with E-state index in [2.05, 4.69) is 18.5 Å². The Morgan fingerprint density at radius 2 is 2.06 bits per heavy atom. The highest BCUT2D eigenvalue weighted by Gasteiger charge is 2.26. The monoisotopic (exact) mass is 238 g/mol. The molecule has 0 aromatic heterocycles. The summed E-state index contributed by atoms with van der Waals surface area (Å²) in [5, 5.41) is 3.22. The van der Waals surface area contributed by atoms with Crippen LogP contribution in [0, 0.1) is 0 Å². The van der Waals surface area contributed by atoms with Crippen molar-refractivity contribution in [2.24, 2.45) is 0 Å². The normalized spacial score (nSPS) is 17.6.